The number of hydrogen-bond acceptors (Lipinski definition) is 3. The van der Waals surface area contributed by atoms with Crippen LogP contribution in [0.15, 0.2) is 180 Å². The molecule has 0 unspecified atom stereocenters. The van der Waals surface area contributed by atoms with Crippen molar-refractivity contribution in [2.45, 2.75) is 0 Å². The lowest BCUT2D eigenvalue weighted by Gasteiger charge is -2.12. The molecule has 0 fully saturated rings. The van der Waals surface area contributed by atoms with Crippen LogP contribution in [-0.2, 0) is 0 Å². The first kappa shape index (κ1) is 18.7. The second-order valence-corrected chi connectivity index (χ2v) is 11.7. The molecule has 10 aromatic rings. The summed E-state index contributed by atoms with van der Waals surface area (Å²) >= 11 is 0. The van der Waals surface area contributed by atoms with Crippen LogP contribution in [0.3, 0.4) is 0 Å². The minimum Gasteiger partial charge on any atom is -0.455 e. The highest BCUT2D eigenvalue weighted by molar-refractivity contribution is 6.11. The molecule has 234 valence electrons. The number of furan rings is 1. The van der Waals surface area contributed by atoms with Gasteiger partial charge in [0.15, 0.2) is 5.82 Å². The molecule has 0 aliphatic rings. The molecule has 3 aromatic heterocycles. The van der Waals surface area contributed by atoms with Gasteiger partial charge in [-0.15, -0.1) is 0 Å². The molecule has 0 spiro atoms. The third-order valence-electron chi connectivity index (χ3n) is 8.76. The first-order valence-electron chi connectivity index (χ1n) is 21.9. The highest BCUT2D eigenvalue weighted by Crippen LogP contribution is 2.39. The van der Waals surface area contributed by atoms with Crippen molar-refractivity contribution in [3.05, 3.63) is 176 Å². The lowest BCUT2D eigenvalue weighted by molar-refractivity contribution is 0.670. The van der Waals surface area contributed by atoms with E-state index in [9.17, 15) is 4.11 Å². The van der Waals surface area contributed by atoms with Crippen LogP contribution in [0.25, 0.3) is 94.5 Å². The van der Waals surface area contributed by atoms with Gasteiger partial charge >= 0.3 is 0 Å². The van der Waals surface area contributed by atoms with Crippen molar-refractivity contribution in [3.8, 4) is 50.7 Å². The first-order chi connectivity index (χ1) is 29.8. The Morgan fingerprint density at radius 3 is 2.14 bits per heavy atom. The quantitative estimate of drug-likeness (QED) is 0.186. The van der Waals surface area contributed by atoms with Crippen molar-refractivity contribution in [2.24, 2.45) is 0 Å². The molecule has 0 atom stereocenters. The number of hydrogen-bond donors (Lipinski definition) is 0. The zero-order valence-electron chi connectivity index (χ0n) is 38.1. The summed E-state index contributed by atoms with van der Waals surface area (Å²) in [6, 6.07) is 24.6. The molecular weight excluding hydrogens is 611 g/mol. The molecule has 0 radical (unpaired) electrons. The van der Waals surface area contributed by atoms with Gasteiger partial charge in [0.25, 0.3) is 0 Å². The van der Waals surface area contributed by atoms with E-state index in [1.807, 2.05) is 97.1 Å². The fraction of sp³-hybridized carbons (Fsp3) is 0. The highest BCUT2D eigenvalue weighted by Gasteiger charge is 2.18. The van der Waals surface area contributed by atoms with E-state index in [0.717, 1.165) is 26.5 Å². The van der Waals surface area contributed by atoms with Gasteiger partial charge in [-0.3, -0.25) is 0 Å². The van der Waals surface area contributed by atoms with Crippen molar-refractivity contribution in [1.29, 1.82) is 0 Å². The smallest absolute Gasteiger partial charge is 0.160 e. The van der Waals surface area contributed by atoms with Crippen LogP contribution in [0.5, 0.6) is 0 Å². The second kappa shape index (κ2) is 11.4. The maximum atomic E-state index is 9.90. The van der Waals surface area contributed by atoms with E-state index in [4.69, 9.17) is 26.7 Å². The molecule has 0 amide bonds. The number of aromatic nitrogens is 3. The van der Waals surface area contributed by atoms with Crippen LogP contribution in [-0.4, -0.2) is 14.5 Å². The van der Waals surface area contributed by atoms with Crippen LogP contribution in [0.1, 0.15) is 16.4 Å². The number of rotatable bonds is 5. The molecule has 0 saturated heterocycles. The Hall–Kier alpha value is -6.78. The maximum Gasteiger partial charge on any atom is 0.160 e. The standard InChI is InChI=1S/C46H29N3O/c1-3-13-30(14-4-1)31-15-11-16-33(27-31)46-47-40(29-41(48-46)39-22-12-21-38-37-20-8-10-24-44(37)50-45(38)39)32-25-26-36-35-19-7-9-23-42(35)49(43(36)28-32)34-17-5-2-6-18-34/h1-29H/i2D,5D,6D,7D,9D,17D,18D,19D,23D,25D,26D,28D. The summed E-state index contributed by atoms with van der Waals surface area (Å²) < 4.78 is 115. The first-order valence-corrected chi connectivity index (χ1v) is 15.9. The van der Waals surface area contributed by atoms with E-state index in [2.05, 4.69) is 0 Å². The monoisotopic (exact) mass is 651 g/mol. The van der Waals surface area contributed by atoms with Gasteiger partial charge < -0.3 is 8.98 Å². The Morgan fingerprint density at radius 1 is 0.500 bits per heavy atom. The van der Waals surface area contributed by atoms with Gasteiger partial charge in [0.05, 0.1) is 38.9 Å². The van der Waals surface area contributed by atoms with Gasteiger partial charge in [0.2, 0.25) is 0 Å². The Bertz CT molecular complexity index is 3540. The summed E-state index contributed by atoms with van der Waals surface area (Å²) in [6.07, 6.45) is 0. The van der Waals surface area contributed by atoms with Crippen LogP contribution >= 0.6 is 0 Å². The van der Waals surface area contributed by atoms with Gasteiger partial charge in [-0.2, -0.15) is 0 Å². The predicted molar refractivity (Wildman–Crippen MR) is 205 cm³/mol. The Balaban J connectivity index is 1.34. The van der Waals surface area contributed by atoms with E-state index < -0.39 is 78.2 Å². The molecule has 0 saturated carbocycles. The van der Waals surface area contributed by atoms with Gasteiger partial charge in [-0.05, 0) is 59.6 Å². The molecule has 4 heteroatoms. The molecule has 0 N–H and O–H groups in total. The summed E-state index contributed by atoms with van der Waals surface area (Å²) in [4.78, 5) is 10.00. The molecule has 3 heterocycles. The maximum absolute atomic E-state index is 9.90. The third kappa shape index (κ3) is 4.61. The average molecular weight is 652 g/mol. The van der Waals surface area contributed by atoms with Gasteiger partial charge in [0, 0.05) is 43.9 Å². The number of nitrogens with zero attached hydrogens (tertiary/aromatic N) is 3. The summed E-state index contributed by atoms with van der Waals surface area (Å²) in [5.41, 5.74) is 3.29. The normalized spacial score (nSPS) is 15.0. The molecule has 10 rings (SSSR count). The molecule has 4 nitrogen and oxygen atoms in total. The summed E-state index contributed by atoms with van der Waals surface area (Å²) in [5, 5.41) is 1.24. The van der Waals surface area contributed by atoms with Crippen LogP contribution in [0.2, 0.25) is 0 Å². The van der Waals surface area contributed by atoms with Crippen LogP contribution in [0, 0.1) is 0 Å². The van der Waals surface area contributed by atoms with Crippen molar-refractivity contribution in [2.75, 3.05) is 0 Å². The second-order valence-electron chi connectivity index (χ2n) is 11.7. The van der Waals surface area contributed by atoms with Gasteiger partial charge in [-0.1, -0.05) is 127 Å². The topological polar surface area (TPSA) is 43.9 Å². The van der Waals surface area contributed by atoms with E-state index in [-0.39, 0.29) is 38.9 Å². The fourth-order valence-electron chi connectivity index (χ4n) is 6.48. The van der Waals surface area contributed by atoms with Gasteiger partial charge in [0.1, 0.15) is 11.2 Å². The summed E-state index contributed by atoms with van der Waals surface area (Å²) in [5.74, 6) is 0.208. The molecular formula is C46H29N3O. The largest absolute Gasteiger partial charge is 0.455 e. The zero-order chi connectivity index (χ0) is 43.5. The number of benzene rings is 7. The predicted octanol–water partition coefficient (Wildman–Crippen LogP) is 12.1. The van der Waals surface area contributed by atoms with E-state index in [1.165, 1.54) is 0 Å². The summed E-state index contributed by atoms with van der Waals surface area (Å²) in [7, 11) is 0. The SMILES string of the molecule is [2H]c1c([2H])c([2H])c(-n2c3c([2H])c([2H])c([2H])c([2H])c3c3c([2H])c([2H])c(-c4cc(-c5cccc6c5oc5ccccc56)nc(-c5cccc(-c6ccccc6)c5)n4)c([2H])c32)c([2H])c1[2H]. The van der Waals surface area contributed by atoms with Crippen LogP contribution < -0.4 is 0 Å². The molecule has 50 heavy (non-hydrogen) atoms. The minimum absolute atomic E-state index is 0.0334. The fourth-order valence-corrected chi connectivity index (χ4v) is 6.48. The van der Waals surface area contributed by atoms with E-state index in [0.29, 0.717) is 28.0 Å². The third-order valence-corrected chi connectivity index (χ3v) is 8.76. The van der Waals surface area contributed by atoms with Crippen LogP contribution in [0.4, 0.5) is 0 Å². The summed E-state index contributed by atoms with van der Waals surface area (Å²) in [6.45, 7) is 0. The van der Waals surface area contributed by atoms with E-state index >= 15 is 0 Å². The van der Waals surface area contributed by atoms with E-state index in [1.54, 1.807) is 6.07 Å². The Kier molecular flexibility index (Phi) is 4.27. The molecule has 0 bridgehead atoms. The number of para-hydroxylation sites is 4. The zero-order valence-corrected chi connectivity index (χ0v) is 26.1. The van der Waals surface area contributed by atoms with Crippen molar-refractivity contribution in [1.82, 2.24) is 14.5 Å². The molecule has 0 aliphatic carbocycles. The minimum atomic E-state index is -0.714. The molecule has 7 aromatic carbocycles. The van der Waals surface area contributed by atoms with Crippen molar-refractivity contribution < 1.29 is 20.9 Å². The van der Waals surface area contributed by atoms with Crippen molar-refractivity contribution >= 4 is 43.7 Å². The lowest BCUT2D eigenvalue weighted by atomic mass is 10.0. The lowest BCUT2D eigenvalue weighted by Crippen LogP contribution is -1.97. The average Bonchev–Trinajstić information content (AvgIpc) is 3.86. The Morgan fingerprint density at radius 2 is 1.22 bits per heavy atom. The van der Waals surface area contributed by atoms with Crippen molar-refractivity contribution in [3.63, 3.8) is 0 Å². The number of fused-ring (bicyclic) bond motifs is 6. The molecule has 0 aliphatic heterocycles. The van der Waals surface area contributed by atoms with Gasteiger partial charge in [-0.25, -0.2) is 9.97 Å². The highest BCUT2D eigenvalue weighted by atomic mass is 16.3. The Labute approximate surface area is 305 Å².